The smallest absolute Gasteiger partial charge is 0.407 e. The van der Waals surface area contributed by atoms with Gasteiger partial charge in [-0.25, -0.2) is 4.79 Å². The molecule has 20 heavy (non-hydrogen) atoms. The number of carbonyl (C=O) groups is 1. The molecule has 0 saturated heterocycles. The summed E-state index contributed by atoms with van der Waals surface area (Å²) < 4.78 is 6.32. The van der Waals surface area contributed by atoms with E-state index in [0.29, 0.717) is 6.54 Å². The third kappa shape index (κ3) is 6.94. The number of alkyl carbamates (subject to hydrolysis) is 1. The molecule has 1 N–H and O–H groups in total. The molecule has 1 aromatic rings. The van der Waals surface area contributed by atoms with Crippen molar-refractivity contribution in [2.75, 3.05) is 6.54 Å². The molecule has 0 saturated carbocycles. The Balaban J connectivity index is 2.49. The average Bonchev–Trinajstić information content (AvgIpc) is 2.27. The molecule has 0 atom stereocenters. The van der Waals surface area contributed by atoms with Crippen LogP contribution in [0.2, 0.25) is 0 Å². The van der Waals surface area contributed by atoms with Crippen LogP contribution in [0.1, 0.15) is 40.2 Å². The summed E-state index contributed by atoms with van der Waals surface area (Å²) in [5.41, 5.74) is 0.772. The van der Waals surface area contributed by atoms with E-state index in [-0.39, 0.29) is 11.5 Å². The fraction of sp³-hybridized carbons (Fsp3) is 0.562. The van der Waals surface area contributed by atoms with Gasteiger partial charge >= 0.3 is 6.09 Å². The quantitative estimate of drug-likeness (QED) is 0.872. The van der Waals surface area contributed by atoms with Gasteiger partial charge in [0.15, 0.2) is 0 Å². The van der Waals surface area contributed by atoms with Crippen molar-refractivity contribution in [2.45, 2.75) is 46.6 Å². The molecule has 0 spiro atoms. The van der Waals surface area contributed by atoms with E-state index in [1.807, 2.05) is 32.9 Å². The van der Waals surface area contributed by atoms with E-state index < -0.39 is 5.60 Å². The third-order valence-corrected chi connectivity index (χ3v) is 3.23. The lowest BCUT2D eigenvalue weighted by Gasteiger charge is -2.26. The highest BCUT2D eigenvalue weighted by molar-refractivity contribution is 9.10. The fourth-order valence-corrected chi connectivity index (χ4v) is 2.11. The minimum absolute atomic E-state index is 0.0231. The highest BCUT2D eigenvalue weighted by Gasteiger charge is 2.22. The molecule has 3 nitrogen and oxygen atoms in total. The number of halogens is 1. The molecule has 0 aromatic heterocycles. The number of hydrogen-bond donors (Lipinski definition) is 1. The van der Waals surface area contributed by atoms with E-state index >= 15 is 0 Å². The van der Waals surface area contributed by atoms with Crippen molar-refractivity contribution >= 4 is 22.0 Å². The van der Waals surface area contributed by atoms with E-state index in [1.165, 1.54) is 5.56 Å². The van der Waals surface area contributed by atoms with Crippen molar-refractivity contribution in [3.05, 3.63) is 34.3 Å². The maximum absolute atomic E-state index is 11.7. The largest absolute Gasteiger partial charge is 0.444 e. The van der Waals surface area contributed by atoms with Gasteiger partial charge in [0.2, 0.25) is 0 Å². The normalized spacial score (nSPS) is 12.1. The van der Waals surface area contributed by atoms with Crippen molar-refractivity contribution in [1.29, 1.82) is 0 Å². The maximum atomic E-state index is 11.7. The molecule has 0 aliphatic heterocycles. The number of rotatable bonds is 4. The number of ether oxygens (including phenoxy) is 1. The maximum Gasteiger partial charge on any atom is 0.407 e. The zero-order chi connectivity index (χ0) is 15.4. The molecule has 1 rings (SSSR count). The Bertz CT molecular complexity index is 447. The molecule has 0 aliphatic rings. The van der Waals surface area contributed by atoms with Crippen LogP contribution < -0.4 is 5.32 Å². The summed E-state index contributed by atoms with van der Waals surface area (Å²) in [7, 11) is 0. The highest BCUT2D eigenvalue weighted by atomic mass is 79.9. The molecule has 0 unspecified atom stereocenters. The van der Waals surface area contributed by atoms with Crippen LogP contribution in [0.15, 0.2) is 28.7 Å². The third-order valence-electron chi connectivity index (χ3n) is 2.71. The Morgan fingerprint density at radius 2 is 1.70 bits per heavy atom. The Morgan fingerprint density at radius 1 is 1.15 bits per heavy atom. The van der Waals surface area contributed by atoms with Gasteiger partial charge in [-0.3, -0.25) is 0 Å². The zero-order valence-corrected chi connectivity index (χ0v) is 14.5. The van der Waals surface area contributed by atoms with Gasteiger partial charge in [0.1, 0.15) is 5.60 Å². The van der Waals surface area contributed by atoms with Gasteiger partial charge in [0, 0.05) is 11.0 Å². The first kappa shape index (κ1) is 17.0. The Morgan fingerprint density at radius 3 is 2.20 bits per heavy atom. The second-order valence-electron chi connectivity index (χ2n) is 6.82. The number of hydrogen-bond acceptors (Lipinski definition) is 2. The minimum atomic E-state index is -0.458. The molecule has 1 amide bonds. The second-order valence-corrected chi connectivity index (χ2v) is 7.74. The summed E-state index contributed by atoms with van der Waals surface area (Å²) in [6.07, 6.45) is 0.539. The summed E-state index contributed by atoms with van der Waals surface area (Å²) in [5, 5.41) is 2.84. The molecule has 0 aliphatic carbocycles. The van der Waals surface area contributed by atoms with Crippen molar-refractivity contribution in [1.82, 2.24) is 5.32 Å². The van der Waals surface area contributed by atoms with E-state index in [9.17, 15) is 4.79 Å². The van der Waals surface area contributed by atoms with Gasteiger partial charge in [0.05, 0.1) is 0 Å². The first-order valence-electron chi connectivity index (χ1n) is 6.79. The van der Waals surface area contributed by atoms with Gasteiger partial charge in [-0.15, -0.1) is 0 Å². The number of nitrogens with one attached hydrogen (secondary N) is 1. The van der Waals surface area contributed by atoms with Crippen LogP contribution in [0.5, 0.6) is 0 Å². The number of amides is 1. The standard InChI is InChI=1S/C16H24BrNO2/c1-15(2,3)20-14(19)18-11-16(4,5)10-12-6-8-13(17)9-7-12/h6-9H,10-11H2,1-5H3,(H,18,19). The van der Waals surface area contributed by atoms with Crippen molar-refractivity contribution in [2.24, 2.45) is 5.41 Å². The van der Waals surface area contributed by atoms with Gasteiger partial charge < -0.3 is 10.1 Å². The van der Waals surface area contributed by atoms with Crippen LogP contribution in [0.25, 0.3) is 0 Å². The van der Waals surface area contributed by atoms with Gasteiger partial charge in [-0.1, -0.05) is 41.9 Å². The van der Waals surface area contributed by atoms with E-state index in [0.717, 1.165) is 10.9 Å². The molecule has 1 aromatic carbocycles. The van der Waals surface area contributed by atoms with Crippen LogP contribution in [-0.4, -0.2) is 18.2 Å². The second kappa shape index (κ2) is 6.61. The Hall–Kier alpha value is -1.03. The van der Waals surface area contributed by atoms with E-state index in [4.69, 9.17) is 4.74 Å². The summed E-state index contributed by atoms with van der Waals surface area (Å²) in [6.45, 7) is 10.4. The SMILES string of the molecule is CC(C)(CNC(=O)OC(C)(C)C)Cc1ccc(Br)cc1. The molecule has 0 bridgehead atoms. The summed E-state index contributed by atoms with van der Waals surface area (Å²) in [5.74, 6) is 0. The lowest BCUT2D eigenvalue weighted by molar-refractivity contribution is 0.0506. The van der Waals surface area contributed by atoms with Crippen LogP contribution >= 0.6 is 15.9 Å². The molecule has 0 radical (unpaired) electrons. The Kier molecular flexibility index (Phi) is 5.63. The summed E-state index contributed by atoms with van der Waals surface area (Å²) in [6, 6.07) is 8.26. The van der Waals surface area contributed by atoms with Crippen LogP contribution in [0, 0.1) is 5.41 Å². The van der Waals surface area contributed by atoms with Crippen LogP contribution in [0.4, 0.5) is 4.79 Å². The monoisotopic (exact) mass is 341 g/mol. The minimum Gasteiger partial charge on any atom is -0.444 e. The van der Waals surface area contributed by atoms with Crippen LogP contribution in [0.3, 0.4) is 0 Å². The van der Waals surface area contributed by atoms with Gasteiger partial charge in [-0.2, -0.15) is 0 Å². The lowest BCUT2D eigenvalue weighted by atomic mass is 9.86. The number of carbonyl (C=O) groups excluding carboxylic acids is 1. The van der Waals surface area contributed by atoms with Gasteiger partial charge in [-0.05, 0) is 50.3 Å². The molecule has 4 heteroatoms. The molecule has 112 valence electrons. The predicted molar refractivity (Wildman–Crippen MR) is 85.9 cm³/mol. The van der Waals surface area contributed by atoms with Gasteiger partial charge in [0.25, 0.3) is 0 Å². The van der Waals surface area contributed by atoms with E-state index in [1.54, 1.807) is 0 Å². The lowest BCUT2D eigenvalue weighted by Crippen LogP contribution is -2.38. The topological polar surface area (TPSA) is 38.3 Å². The van der Waals surface area contributed by atoms with Crippen molar-refractivity contribution in [3.8, 4) is 0 Å². The average molecular weight is 342 g/mol. The molecular formula is C16H24BrNO2. The van der Waals surface area contributed by atoms with Crippen molar-refractivity contribution in [3.63, 3.8) is 0 Å². The predicted octanol–water partition coefficient (Wildman–Crippen LogP) is 4.54. The highest BCUT2D eigenvalue weighted by Crippen LogP contribution is 2.22. The summed E-state index contributed by atoms with van der Waals surface area (Å²) in [4.78, 5) is 11.7. The number of benzene rings is 1. The van der Waals surface area contributed by atoms with Crippen LogP contribution in [-0.2, 0) is 11.2 Å². The zero-order valence-electron chi connectivity index (χ0n) is 12.9. The molecular weight excluding hydrogens is 318 g/mol. The molecule has 0 fully saturated rings. The first-order valence-corrected chi connectivity index (χ1v) is 7.58. The summed E-state index contributed by atoms with van der Waals surface area (Å²) >= 11 is 3.43. The molecule has 0 heterocycles. The van der Waals surface area contributed by atoms with Crippen molar-refractivity contribution < 1.29 is 9.53 Å². The first-order chi connectivity index (χ1) is 9.07. The van der Waals surface area contributed by atoms with E-state index in [2.05, 4.69) is 47.2 Å². The Labute approximate surface area is 130 Å². The fourth-order valence-electron chi connectivity index (χ4n) is 1.84.